The van der Waals surface area contributed by atoms with Crippen LogP contribution < -0.4 is 0 Å². The zero-order valence-electron chi connectivity index (χ0n) is 13.5. The van der Waals surface area contributed by atoms with Crippen molar-refractivity contribution in [3.8, 4) is 0 Å². The maximum absolute atomic E-state index is 11.9. The van der Waals surface area contributed by atoms with Crippen LogP contribution in [0.2, 0.25) is 0 Å². The molecule has 0 unspecified atom stereocenters. The van der Waals surface area contributed by atoms with E-state index in [1.165, 1.54) is 0 Å². The Morgan fingerprint density at radius 1 is 1.05 bits per heavy atom. The van der Waals surface area contributed by atoms with E-state index in [0.717, 1.165) is 72.0 Å². The molecule has 4 heterocycles. The van der Waals surface area contributed by atoms with Crippen LogP contribution in [0.15, 0.2) is 0 Å². The molecule has 0 N–H and O–H groups in total. The molecule has 0 aromatic rings. The van der Waals surface area contributed by atoms with Gasteiger partial charge in [-0.25, -0.2) is 0 Å². The molecule has 0 aromatic carbocycles. The first-order valence-corrected chi connectivity index (χ1v) is 8.60. The Morgan fingerprint density at radius 3 is 2.55 bits per heavy atom. The molecule has 6 heteroatoms. The van der Waals surface area contributed by atoms with Gasteiger partial charge in [0, 0.05) is 58.9 Å². The van der Waals surface area contributed by atoms with Crippen molar-refractivity contribution in [2.75, 3.05) is 59.2 Å². The smallest absolute Gasteiger partial charge is 0.219 e. The second-order valence-corrected chi connectivity index (χ2v) is 7.29. The van der Waals surface area contributed by atoms with Crippen molar-refractivity contribution in [2.24, 2.45) is 0 Å². The van der Waals surface area contributed by atoms with Crippen molar-refractivity contribution in [2.45, 2.75) is 37.4 Å². The zero-order chi connectivity index (χ0) is 15.2. The molecule has 0 radical (unpaired) electrons. The average Bonchev–Trinajstić information content (AvgIpc) is 2.52. The standard InChI is InChI=1S/C16H27N3O3/c1-13(20)17-8-15-9-22-7-4-19(15)16(10-17)11-18(12-16)14-2-5-21-6-3-14/h14-15H,2-12H2,1H3/t15-/m1/s1. The largest absolute Gasteiger partial charge is 0.381 e. The fraction of sp³-hybridized carbons (Fsp3) is 0.938. The van der Waals surface area contributed by atoms with Gasteiger partial charge in [-0.15, -0.1) is 0 Å². The minimum Gasteiger partial charge on any atom is -0.381 e. The number of hydrogen-bond donors (Lipinski definition) is 0. The van der Waals surface area contributed by atoms with E-state index in [4.69, 9.17) is 9.47 Å². The summed E-state index contributed by atoms with van der Waals surface area (Å²) in [7, 11) is 0. The quantitative estimate of drug-likeness (QED) is 0.670. The Morgan fingerprint density at radius 2 is 1.82 bits per heavy atom. The average molecular weight is 309 g/mol. The highest BCUT2D eigenvalue weighted by molar-refractivity contribution is 5.73. The molecule has 0 bridgehead atoms. The first kappa shape index (κ1) is 14.9. The number of amides is 1. The molecule has 1 amide bonds. The number of ether oxygens (including phenoxy) is 2. The van der Waals surface area contributed by atoms with E-state index in [9.17, 15) is 4.79 Å². The summed E-state index contributed by atoms with van der Waals surface area (Å²) in [5.41, 5.74) is 0.163. The van der Waals surface area contributed by atoms with Crippen molar-refractivity contribution in [1.29, 1.82) is 0 Å². The molecule has 4 aliphatic rings. The Kier molecular flexibility index (Phi) is 3.88. The highest BCUT2D eigenvalue weighted by atomic mass is 16.5. The van der Waals surface area contributed by atoms with E-state index in [1.54, 1.807) is 6.92 Å². The summed E-state index contributed by atoms with van der Waals surface area (Å²) >= 11 is 0. The van der Waals surface area contributed by atoms with Gasteiger partial charge in [0.2, 0.25) is 5.91 Å². The summed E-state index contributed by atoms with van der Waals surface area (Å²) in [5.74, 6) is 0.203. The molecule has 1 spiro atoms. The lowest BCUT2D eigenvalue weighted by atomic mass is 9.80. The number of nitrogens with zero attached hydrogens (tertiary/aromatic N) is 3. The molecule has 6 nitrogen and oxygen atoms in total. The lowest BCUT2D eigenvalue weighted by Gasteiger charge is -2.64. The highest BCUT2D eigenvalue weighted by Gasteiger charge is 2.55. The van der Waals surface area contributed by atoms with E-state index in [1.807, 2.05) is 4.90 Å². The highest BCUT2D eigenvalue weighted by Crippen LogP contribution is 2.38. The number of morpholine rings is 1. The van der Waals surface area contributed by atoms with E-state index < -0.39 is 0 Å². The van der Waals surface area contributed by atoms with Crippen LogP contribution in [0.25, 0.3) is 0 Å². The van der Waals surface area contributed by atoms with Crippen molar-refractivity contribution >= 4 is 5.91 Å². The maximum atomic E-state index is 11.9. The molecule has 1 atom stereocenters. The van der Waals surface area contributed by atoms with Gasteiger partial charge in [0.25, 0.3) is 0 Å². The number of hydrogen-bond acceptors (Lipinski definition) is 5. The minimum atomic E-state index is 0.163. The van der Waals surface area contributed by atoms with Crippen LogP contribution in [0, 0.1) is 0 Å². The molecule has 4 fully saturated rings. The molecule has 0 aliphatic carbocycles. The Balaban J connectivity index is 1.47. The fourth-order valence-corrected chi connectivity index (χ4v) is 4.74. The minimum absolute atomic E-state index is 0.163. The molecule has 0 aromatic heterocycles. The monoisotopic (exact) mass is 309 g/mol. The van der Waals surface area contributed by atoms with Crippen LogP contribution in [0.5, 0.6) is 0 Å². The van der Waals surface area contributed by atoms with Crippen LogP contribution in [0.3, 0.4) is 0 Å². The number of fused-ring (bicyclic) bond motifs is 2. The molecule has 4 aliphatic heterocycles. The number of rotatable bonds is 1. The van der Waals surface area contributed by atoms with Crippen molar-refractivity contribution in [3.05, 3.63) is 0 Å². The van der Waals surface area contributed by atoms with E-state index in [-0.39, 0.29) is 11.4 Å². The first-order valence-electron chi connectivity index (χ1n) is 8.60. The molecule has 0 saturated carbocycles. The number of likely N-dealkylation sites (tertiary alicyclic amines) is 1. The molecule has 4 rings (SSSR count). The van der Waals surface area contributed by atoms with Crippen LogP contribution in [-0.2, 0) is 14.3 Å². The van der Waals surface area contributed by atoms with Crippen LogP contribution in [-0.4, -0.2) is 97.4 Å². The Hall–Kier alpha value is -0.690. The normalized spacial score (nSPS) is 33.5. The second kappa shape index (κ2) is 5.74. The molecule has 4 saturated heterocycles. The van der Waals surface area contributed by atoms with Gasteiger partial charge in [0.05, 0.1) is 24.8 Å². The first-order chi connectivity index (χ1) is 10.7. The van der Waals surface area contributed by atoms with Gasteiger partial charge in [-0.05, 0) is 12.8 Å². The summed E-state index contributed by atoms with van der Waals surface area (Å²) < 4.78 is 11.1. The SMILES string of the molecule is CC(=O)N1C[C@@H]2COCCN2C2(C1)CN(C1CCOCC1)C2. The summed E-state index contributed by atoms with van der Waals surface area (Å²) in [5, 5.41) is 0. The van der Waals surface area contributed by atoms with Crippen LogP contribution >= 0.6 is 0 Å². The van der Waals surface area contributed by atoms with E-state index >= 15 is 0 Å². The molecular formula is C16H27N3O3. The second-order valence-electron chi connectivity index (χ2n) is 7.29. The third-order valence-corrected chi connectivity index (χ3v) is 5.90. The van der Waals surface area contributed by atoms with Gasteiger partial charge < -0.3 is 14.4 Å². The lowest BCUT2D eigenvalue weighted by Crippen LogP contribution is -2.81. The van der Waals surface area contributed by atoms with Gasteiger partial charge in [0.1, 0.15) is 0 Å². The van der Waals surface area contributed by atoms with Crippen molar-refractivity contribution in [1.82, 2.24) is 14.7 Å². The van der Waals surface area contributed by atoms with Gasteiger partial charge in [-0.3, -0.25) is 14.6 Å². The van der Waals surface area contributed by atoms with Crippen LogP contribution in [0.4, 0.5) is 0 Å². The van der Waals surface area contributed by atoms with Crippen molar-refractivity contribution in [3.63, 3.8) is 0 Å². The van der Waals surface area contributed by atoms with Gasteiger partial charge in [-0.2, -0.15) is 0 Å². The Labute approximate surface area is 132 Å². The van der Waals surface area contributed by atoms with Crippen LogP contribution in [0.1, 0.15) is 19.8 Å². The zero-order valence-corrected chi connectivity index (χ0v) is 13.5. The van der Waals surface area contributed by atoms with Gasteiger partial charge >= 0.3 is 0 Å². The number of piperazine rings is 1. The van der Waals surface area contributed by atoms with E-state index in [2.05, 4.69) is 9.80 Å². The predicted molar refractivity (Wildman–Crippen MR) is 81.7 cm³/mol. The summed E-state index contributed by atoms with van der Waals surface area (Å²) in [6.45, 7) is 10.0. The van der Waals surface area contributed by atoms with Gasteiger partial charge in [0.15, 0.2) is 0 Å². The van der Waals surface area contributed by atoms with E-state index in [0.29, 0.717) is 12.1 Å². The Bertz CT molecular complexity index is 432. The third kappa shape index (κ3) is 2.46. The third-order valence-electron chi connectivity index (χ3n) is 5.90. The number of carbonyl (C=O) groups excluding carboxylic acids is 1. The lowest BCUT2D eigenvalue weighted by molar-refractivity contribution is -0.182. The topological polar surface area (TPSA) is 45.2 Å². The predicted octanol–water partition coefficient (Wildman–Crippen LogP) is -0.217. The molecular weight excluding hydrogens is 282 g/mol. The summed E-state index contributed by atoms with van der Waals surface area (Å²) in [4.78, 5) is 19.2. The maximum Gasteiger partial charge on any atom is 0.219 e. The molecule has 124 valence electrons. The summed E-state index contributed by atoms with van der Waals surface area (Å²) in [6.07, 6.45) is 2.30. The van der Waals surface area contributed by atoms with Gasteiger partial charge in [-0.1, -0.05) is 0 Å². The summed E-state index contributed by atoms with van der Waals surface area (Å²) in [6, 6.07) is 1.05. The number of carbonyl (C=O) groups is 1. The fourth-order valence-electron chi connectivity index (χ4n) is 4.74. The molecule has 22 heavy (non-hydrogen) atoms. The van der Waals surface area contributed by atoms with Crippen molar-refractivity contribution < 1.29 is 14.3 Å².